The highest BCUT2D eigenvalue weighted by atomic mass is 32.2. The number of ether oxygens (including phenoxy) is 1. The Morgan fingerprint density at radius 3 is 2.55 bits per heavy atom. The maximum Gasteiger partial charge on any atom is 0.303 e. The lowest BCUT2D eigenvalue weighted by atomic mass is 9.97. The van der Waals surface area contributed by atoms with Crippen LogP contribution in [0.2, 0.25) is 0 Å². The molecule has 176 valence electrons. The van der Waals surface area contributed by atoms with Crippen molar-refractivity contribution in [3.63, 3.8) is 0 Å². The summed E-state index contributed by atoms with van der Waals surface area (Å²) in [5, 5.41) is 9.03. The van der Waals surface area contributed by atoms with Crippen LogP contribution in [-0.4, -0.2) is 43.3 Å². The number of carbonyl (C=O) groups is 1. The van der Waals surface area contributed by atoms with E-state index >= 15 is 0 Å². The number of hydrogen-bond acceptors (Lipinski definition) is 5. The molecular formula is C22H36NO6PS. The number of carboxylic acids is 1. The second-order valence-electron chi connectivity index (χ2n) is 9.16. The molecule has 1 fully saturated rings. The fourth-order valence-corrected chi connectivity index (χ4v) is 6.60. The summed E-state index contributed by atoms with van der Waals surface area (Å²) >= 11 is -1.59. The number of rotatable bonds is 11. The van der Waals surface area contributed by atoms with Crippen LogP contribution in [0.3, 0.4) is 0 Å². The van der Waals surface area contributed by atoms with Crippen molar-refractivity contribution in [3.8, 4) is 5.75 Å². The molecule has 1 saturated carbocycles. The zero-order valence-corrected chi connectivity index (χ0v) is 20.4. The zero-order valence-electron chi connectivity index (χ0n) is 18.7. The van der Waals surface area contributed by atoms with Gasteiger partial charge in [-0.1, -0.05) is 24.6 Å². The van der Waals surface area contributed by atoms with E-state index in [0.29, 0.717) is 6.42 Å². The van der Waals surface area contributed by atoms with E-state index in [0.717, 1.165) is 37.0 Å². The van der Waals surface area contributed by atoms with E-state index < -0.39 is 35.2 Å². The summed E-state index contributed by atoms with van der Waals surface area (Å²) in [6.45, 7) is 5.27. The summed E-state index contributed by atoms with van der Waals surface area (Å²) in [6, 6.07) is 7.55. The number of nitrogens with one attached hydrogen (secondary N) is 1. The molecule has 1 aliphatic rings. The van der Waals surface area contributed by atoms with Gasteiger partial charge in [0.1, 0.15) is 16.3 Å². The molecule has 0 spiro atoms. The van der Waals surface area contributed by atoms with Gasteiger partial charge in [-0.2, -0.15) is 0 Å². The topological polar surface area (TPSA) is 119 Å². The van der Waals surface area contributed by atoms with Crippen molar-refractivity contribution in [1.29, 1.82) is 0 Å². The minimum absolute atomic E-state index is 0.0450. The van der Waals surface area contributed by atoms with E-state index in [1.165, 1.54) is 6.42 Å². The van der Waals surface area contributed by atoms with E-state index in [1.807, 2.05) is 24.3 Å². The molecule has 0 aromatic heterocycles. The molecule has 31 heavy (non-hydrogen) atoms. The first-order valence-corrected chi connectivity index (χ1v) is 14.0. The quantitative estimate of drug-likeness (QED) is 0.321. The van der Waals surface area contributed by atoms with Crippen molar-refractivity contribution in [3.05, 3.63) is 29.8 Å². The molecule has 2 rings (SSSR count). The third-order valence-corrected chi connectivity index (χ3v) is 9.45. The summed E-state index contributed by atoms with van der Waals surface area (Å²) in [5.41, 5.74) is 0.858. The monoisotopic (exact) mass is 473 g/mol. The van der Waals surface area contributed by atoms with Crippen molar-refractivity contribution in [2.45, 2.75) is 88.8 Å². The van der Waals surface area contributed by atoms with Crippen LogP contribution in [0.5, 0.6) is 5.75 Å². The van der Waals surface area contributed by atoms with Crippen LogP contribution in [0.1, 0.15) is 71.3 Å². The number of aliphatic carboxylic acids is 1. The summed E-state index contributed by atoms with van der Waals surface area (Å²) in [6.07, 6.45) is 5.70. The van der Waals surface area contributed by atoms with Gasteiger partial charge < -0.3 is 19.3 Å². The Bertz CT molecular complexity index is 763. The highest BCUT2D eigenvalue weighted by Gasteiger charge is 2.38. The third kappa shape index (κ3) is 8.78. The molecule has 3 N–H and O–H groups in total. The van der Waals surface area contributed by atoms with Crippen LogP contribution >= 0.6 is 7.37 Å². The van der Waals surface area contributed by atoms with Crippen molar-refractivity contribution < 1.29 is 28.6 Å². The van der Waals surface area contributed by atoms with E-state index in [2.05, 4.69) is 4.72 Å². The second-order valence-corrected chi connectivity index (χ2v) is 13.7. The minimum Gasteiger partial charge on any atom is -0.598 e. The number of benzene rings is 1. The molecule has 9 heteroatoms. The molecule has 7 nitrogen and oxygen atoms in total. The zero-order chi connectivity index (χ0) is 23.1. The summed E-state index contributed by atoms with van der Waals surface area (Å²) in [4.78, 5) is 21.8. The SMILES string of the molecule is CC(C)(C)[S+]([O-])NC(CCC(=O)O)P(=O)(O)CCc1ccccc1OC1CCCCC1. The Morgan fingerprint density at radius 1 is 1.29 bits per heavy atom. The van der Waals surface area contributed by atoms with E-state index in [9.17, 15) is 18.8 Å². The lowest BCUT2D eigenvalue weighted by molar-refractivity contribution is -0.137. The smallest absolute Gasteiger partial charge is 0.303 e. The van der Waals surface area contributed by atoms with Gasteiger partial charge in [-0.05, 0) is 70.9 Å². The van der Waals surface area contributed by atoms with Crippen LogP contribution in [-0.2, 0) is 27.1 Å². The minimum atomic E-state index is -3.83. The van der Waals surface area contributed by atoms with Gasteiger partial charge in [0.15, 0.2) is 0 Å². The van der Waals surface area contributed by atoms with Crippen molar-refractivity contribution in [2.24, 2.45) is 0 Å². The Hall–Kier alpha value is -1.05. The lowest BCUT2D eigenvalue weighted by Gasteiger charge is -2.30. The molecule has 1 aliphatic carbocycles. The Labute approximate surface area is 188 Å². The largest absolute Gasteiger partial charge is 0.598 e. The molecular weight excluding hydrogens is 437 g/mol. The molecule has 0 saturated heterocycles. The van der Waals surface area contributed by atoms with Crippen molar-refractivity contribution in [1.82, 2.24) is 4.72 Å². The van der Waals surface area contributed by atoms with Crippen LogP contribution in [0.4, 0.5) is 0 Å². The Kier molecular flexibility index (Phi) is 9.90. The van der Waals surface area contributed by atoms with E-state index in [1.54, 1.807) is 20.8 Å². The van der Waals surface area contributed by atoms with Gasteiger partial charge in [0.05, 0.1) is 6.10 Å². The highest BCUT2D eigenvalue weighted by molar-refractivity contribution is 7.91. The maximum atomic E-state index is 13.2. The molecule has 0 amide bonds. The molecule has 0 aliphatic heterocycles. The van der Waals surface area contributed by atoms with Crippen LogP contribution in [0, 0.1) is 0 Å². The molecule has 0 heterocycles. The summed E-state index contributed by atoms with van der Waals surface area (Å²) < 4.78 is 34.0. The highest BCUT2D eigenvalue weighted by Crippen LogP contribution is 2.48. The number of carboxylic acid groups (broad SMARTS) is 1. The van der Waals surface area contributed by atoms with Gasteiger partial charge in [-0.15, -0.1) is 4.72 Å². The van der Waals surface area contributed by atoms with Gasteiger partial charge in [0, 0.05) is 23.9 Å². The van der Waals surface area contributed by atoms with Gasteiger partial charge >= 0.3 is 5.97 Å². The normalized spacial score (nSPS) is 19.4. The van der Waals surface area contributed by atoms with Crippen LogP contribution < -0.4 is 9.46 Å². The predicted molar refractivity (Wildman–Crippen MR) is 124 cm³/mol. The lowest BCUT2D eigenvalue weighted by Crippen LogP contribution is -2.45. The first kappa shape index (κ1) is 26.2. The molecule has 1 aromatic carbocycles. The second kappa shape index (κ2) is 11.7. The molecule has 1 aromatic rings. The van der Waals surface area contributed by atoms with E-state index in [4.69, 9.17) is 9.84 Å². The summed E-state index contributed by atoms with van der Waals surface area (Å²) in [5.74, 6) is -1.36. The first-order valence-electron chi connectivity index (χ1n) is 10.9. The number of para-hydroxylation sites is 1. The Balaban J connectivity index is 2.09. The van der Waals surface area contributed by atoms with Gasteiger partial charge in [-0.3, -0.25) is 9.36 Å². The molecule has 3 atom stereocenters. The third-order valence-electron chi connectivity index (χ3n) is 5.44. The van der Waals surface area contributed by atoms with E-state index in [-0.39, 0.29) is 25.1 Å². The van der Waals surface area contributed by atoms with Crippen LogP contribution in [0.25, 0.3) is 0 Å². The fourth-order valence-electron chi connectivity index (χ4n) is 3.53. The van der Waals surface area contributed by atoms with Gasteiger partial charge in [0.2, 0.25) is 7.37 Å². The van der Waals surface area contributed by atoms with Crippen molar-refractivity contribution in [2.75, 3.05) is 6.16 Å². The molecule has 0 bridgehead atoms. The van der Waals surface area contributed by atoms with Gasteiger partial charge in [-0.25, -0.2) is 0 Å². The molecule has 3 unspecified atom stereocenters. The van der Waals surface area contributed by atoms with Gasteiger partial charge in [0.25, 0.3) is 0 Å². The predicted octanol–water partition coefficient (Wildman–Crippen LogP) is 4.45. The standard InChI is InChI=1S/C22H36NO6PS/c1-22(2,3)31(28)23-20(13-14-21(24)25)30(26,27)16-15-17-9-7-8-12-19(17)29-18-10-5-4-6-11-18/h7-9,12,18,20,23H,4-6,10-11,13-16H2,1-3H3,(H,24,25)(H,26,27). The summed E-state index contributed by atoms with van der Waals surface area (Å²) in [7, 11) is -3.83. The number of aryl methyl sites for hydroxylation is 1. The molecule has 0 radical (unpaired) electrons. The number of hydrogen-bond donors (Lipinski definition) is 3. The average molecular weight is 474 g/mol. The van der Waals surface area contributed by atoms with Crippen molar-refractivity contribution >= 4 is 24.7 Å². The fraction of sp³-hybridized carbons (Fsp3) is 0.682. The Morgan fingerprint density at radius 2 is 1.94 bits per heavy atom. The average Bonchev–Trinajstić information content (AvgIpc) is 2.70. The van der Waals surface area contributed by atoms with Crippen LogP contribution in [0.15, 0.2) is 24.3 Å². The first-order chi connectivity index (χ1) is 14.5. The maximum absolute atomic E-state index is 13.2.